The molecule has 2 aliphatic rings. The Hall–Kier alpha value is 0.820. The first-order chi connectivity index (χ1) is 10.4. The molecule has 2 unspecified atom stereocenters. The van der Waals surface area contributed by atoms with Crippen molar-refractivity contribution >= 4 is 31.9 Å². The molecule has 0 bridgehead atoms. The van der Waals surface area contributed by atoms with Gasteiger partial charge in [0.1, 0.15) is 0 Å². The van der Waals surface area contributed by atoms with Crippen LogP contribution in [-0.4, -0.2) is 9.66 Å². The number of hydrogen-bond acceptors (Lipinski definition) is 0. The molecule has 0 spiro atoms. The van der Waals surface area contributed by atoms with E-state index >= 15 is 0 Å². The first-order valence-corrected chi connectivity index (χ1v) is 10.7. The standard InChI is InChI=1S/C18H30Br2F2/c1-2-3-4-5-13-6-8-14(9-7-13)15-10-11-18(19,20)16(12-15)17(21)22/h13-17H,2-12H2,1H3. The molecule has 0 saturated heterocycles. The van der Waals surface area contributed by atoms with Crippen LogP contribution in [0.4, 0.5) is 8.78 Å². The van der Waals surface area contributed by atoms with Crippen LogP contribution in [0.1, 0.15) is 77.6 Å². The smallest absolute Gasteiger partial charge is 0.210 e. The zero-order valence-electron chi connectivity index (χ0n) is 13.7. The van der Waals surface area contributed by atoms with E-state index in [0.29, 0.717) is 18.3 Å². The van der Waals surface area contributed by atoms with Gasteiger partial charge in [0, 0.05) is 5.92 Å². The van der Waals surface area contributed by atoms with Crippen LogP contribution in [0.3, 0.4) is 0 Å². The van der Waals surface area contributed by atoms with E-state index in [9.17, 15) is 8.78 Å². The van der Waals surface area contributed by atoms with Crippen LogP contribution in [0.25, 0.3) is 0 Å². The van der Waals surface area contributed by atoms with E-state index in [4.69, 9.17) is 0 Å². The molecule has 0 nitrogen and oxygen atoms in total. The predicted octanol–water partition coefficient (Wildman–Crippen LogP) is 7.54. The molecule has 0 amide bonds. The Morgan fingerprint density at radius 2 is 1.68 bits per heavy atom. The van der Waals surface area contributed by atoms with Gasteiger partial charge in [0.2, 0.25) is 6.43 Å². The van der Waals surface area contributed by atoms with Gasteiger partial charge < -0.3 is 0 Å². The van der Waals surface area contributed by atoms with E-state index in [-0.39, 0.29) is 0 Å². The quantitative estimate of drug-likeness (QED) is 0.293. The zero-order chi connectivity index (χ0) is 16.2. The van der Waals surface area contributed by atoms with E-state index in [1.54, 1.807) is 0 Å². The van der Waals surface area contributed by atoms with E-state index in [0.717, 1.165) is 18.8 Å². The van der Waals surface area contributed by atoms with Crippen molar-refractivity contribution in [3.8, 4) is 0 Å². The lowest BCUT2D eigenvalue weighted by molar-refractivity contribution is 0.0254. The van der Waals surface area contributed by atoms with Gasteiger partial charge in [-0.2, -0.15) is 0 Å². The molecule has 0 aliphatic heterocycles. The Kier molecular flexibility index (Phi) is 7.64. The van der Waals surface area contributed by atoms with Gasteiger partial charge >= 0.3 is 0 Å². The van der Waals surface area contributed by atoms with Crippen molar-refractivity contribution in [2.45, 2.75) is 87.2 Å². The fourth-order valence-corrected chi connectivity index (χ4v) is 5.76. The second-order valence-corrected chi connectivity index (χ2v) is 11.4. The van der Waals surface area contributed by atoms with Gasteiger partial charge in [-0.1, -0.05) is 77.3 Å². The maximum atomic E-state index is 13.3. The van der Waals surface area contributed by atoms with E-state index in [1.807, 2.05) is 0 Å². The summed E-state index contributed by atoms with van der Waals surface area (Å²) in [7, 11) is 0. The average molecular weight is 444 g/mol. The minimum atomic E-state index is -2.23. The van der Waals surface area contributed by atoms with Crippen molar-refractivity contribution in [3.05, 3.63) is 0 Å². The third-order valence-corrected chi connectivity index (χ3v) is 7.99. The Morgan fingerprint density at radius 1 is 1.00 bits per heavy atom. The van der Waals surface area contributed by atoms with Crippen LogP contribution < -0.4 is 0 Å². The van der Waals surface area contributed by atoms with Crippen molar-refractivity contribution in [3.63, 3.8) is 0 Å². The topological polar surface area (TPSA) is 0 Å². The van der Waals surface area contributed by atoms with E-state index in [2.05, 4.69) is 38.8 Å². The average Bonchev–Trinajstić information content (AvgIpc) is 2.48. The molecule has 22 heavy (non-hydrogen) atoms. The fraction of sp³-hybridized carbons (Fsp3) is 1.00. The lowest BCUT2D eigenvalue weighted by Crippen LogP contribution is -2.39. The number of halogens is 4. The van der Waals surface area contributed by atoms with Crippen LogP contribution in [0.2, 0.25) is 0 Å². The monoisotopic (exact) mass is 442 g/mol. The molecule has 0 aromatic carbocycles. The first-order valence-electron chi connectivity index (χ1n) is 9.10. The summed E-state index contributed by atoms with van der Waals surface area (Å²) >= 11 is 6.98. The molecular weight excluding hydrogens is 414 g/mol. The molecule has 2 aliphatic carbocycles. The normalized spacial score (nSPS) is 35.7. The van der Waals surface area contributed by atoms with Crippen LogP contribution in [0, 0.1) is 23.7 Å². The zero-order valence-corrected chi connectivity index (χ0v) is 16.8. The maximum Gasteiger partial charge on any atom is 0.243 e. The Labute approximate surface area is 151 Å². The molecule has 0 N–H and O–H groups in total. The van der Waals surface area contributed by atoms with Gasteiger partial charge in [-0.15, -0.1) is 0 Å². The molecule has 0 heterocycles. The number of hydrogen-bond donors (Lipinski definition) is 0. The van der Waals surface area contributed by atoms with Crippen molar-refractivity contribution in [2.24, 2.45) is 23.7 Å². The summed E-state index contributed by atoms with van der Waals surface area (Å²) < 4.78 is 26.1. The van der Waals surface area contributed by atoms with Gasteiger partial charge in [0.25, 0.3) is 0 Å². The van der Waals surface area contributed by atoms with Crippen molar-refractivity contribution in [1.82, 2.24) is 0 Å². The summed E-state index contributed by atoms with van der Waals surface area (Å²) in [5, 5.41) is 0. The minimum Gasteiger partial charge on any atom is -0.210 e. The highest BCUT2D eigenvalue weighted by Crippen LogP contribution is 2.53. The summed E-state index contributed by atoms with van der Waals surface area (Å²) in [5.74, 6) is 1.57. The van der Waals surface area contributed by atoms with E-state index < -0.39 is 15.6 Å². The number of alkyl halides is 4. The Balaban J connectivity index is 1.79. The van der Waals surface area contributed by atoms with Crippen LogP contribution in [0.15, 0.2) is 0 Å². The second-order valence-electron chi connectivity index (χ2n) is 7.51. The Bertz CT molecular complexity index is 325. The number of unbranched alkanes of at least 4 members (excludes halogenated alkanes) is 2. The molecular formula is C18H30Br2F2. The van der Waals surface area contributed by atoms with Gasteiger partial charge in [-0.25, -0.2) is 8.78 Å². The Morgan fingerprint density at radius 3 is 2.27 bits per heavy atom. The molecule has 2 atom stereocenters. The summed E-state index contributed by atoms with van der Waals surface area (Å²) in [5.41, 5.74) is 0. The first kappa shape index (κ1) is 19.1. The maximum absolute atomic E-state index is 13.3. The van der Waals surface area contributed by atoms with Crippen LogP contribution in [-0.2, 0) is 0 Å². The minimum absolute atomic E-state index is 0.513. The predicted molar refractivity (Wildman–Crippen MR) is 97.0 cm³/mol. The van der Waals surface area contributed by atoms with Crippen molar-refractivity contribution in [1.29, 1.82) is 0 Å². The highest BCUT2D eigenvalue weighted by Gasteiger charge is 2.46. The van der Waals surface area contributed by atoms with Crippen molar-refractivity contribution in [2.75, 3.05) is 0 Å². The van der Waals surface area contributed by atoms with Gasteiger partial charge in [0.05, 0.1) is 3.23 Å². The highest BCUT2D eigenvalue weighted by molar-refractivity contribution is 9.25. The second kappa shape index (κ2) is 8.78. The largest absolute Gasteiger partial charge is 0.243 e. The summed E-state index contributed by atoms with van der Waals surface area (Å²) in [6, 6.07) is 0. The molecule has 0 radical (unpaired) electrons. The number of rotatable bonds is 6. The lowest BCUT2D eigenvalue weighted by atomic mass is 9.68. The highest BCUT2D eigenvalue weighted by atomic mass is 79.9. The SMILES string of the molecule is CCCCCC1CCC(C2CCC(Br)(Br)C(C(F)F)C2)CC1. The van der Waals surface area contributed by atoms with Gasteiger partial charge in [0.15, 0.2) is 0 Å². The molecule has 130 valence electrons. The third-order valence-electron chi connectivity index (χ3n) is 6.03. The van der Waals surface area contributed by atoms with E-state index in [1.165, 1.54) is 51.4 Å². The van der Waals surface area contributed by atoms with Crippen LogP contribution in [0.5, 0.6) is 0 Å². The molecule has 2 fully saturated rings. The lowest BCUT2D eigenvalue weighted by Gasteiger charge is -2.43. The summed E-state index contributed by atoms with van der Waals surface area (Å²) in [4.78, 5) is 0. The summed E-state index contributed by atoms with van der Waals surface area (Å²) in [6.45, 7) is 2.26. The molecule has 0 aromatic heterocycles. The van der Waals surface area contributed by atoms with Crippen molar-refractivity contribution < 1.29 is 8.78 Å². The fourth-order valence-electron chi connectivity index (χ4n) is 4.53. The molecule has 4 heteroatoms. The van der Waals surface area contributed by atoms with Crippen LogP contribution >= 0.6 is 31.9 Å². The van der Waals surface area contributed by atoms with Gasteiger partial charge in [-0.05, 0) is 49.9 Å². The molecule has 2 rings (SSSR count). The van der Waals surface area contributed by atoms with Gasteiger partial charge in [-0.3, -0.25) is 0 Å². The third kappa shape index (κ3) is 5.16. The summed E-state index contributed by atoms with van der Waals surface area (Å²) in [6.07, 6.45) is 11.0. The molecule has 0 aromatic rings. The molecule has 2 saturated carbocycles.